The first-order valence-electron chi connectivity index (χ1n) is 20.3. The highest BCUT2D eigenvalue weighted by molar-refractivity contribution is 6.22. The minimum absolute atomic E-state index is 0.661. The minimum atomic E-state index is 0.661. The fraction of sp³-hybridized carbons (Fsp3) is 0.0357. The molecule has 1 aliphatic heterocycles. The van der Waals surface area contributed by atoms with Crippen molar-refractivity contribution in [1.29, 1.82) is 0 Å². The summed E-state index contributed by atoms with van der Waals surface area (Å²) in [7, 11) is 0. The Hall–Kier alpha value is -7.62. The zero-order chi connectivity index (χ0) is 38.9. The molecule has 0 amide bonds. The van der Waals surface area contributed by atoms with Crippen molar-refractivity contribution in [3.05, 3.63) is 222 Å². The molecular weight excluding hydrogens is 717 g/mol. The van der Waals surface area contributed by atoms with Crippen LogP contribution >= 0.6 is 0 Å². The molecule has 2 aliphatic rings. The Balaban J connectivity index is 1.05. The van der Waals surface area contributed by atoms with Crippen LogP contribution in [-0.2, 0) is 6.42 Å². The van der Waals surface area contributed by atoms with Crippen LogP contribution in [0.1, 0.15) is 34.2 Å². The molecule has 0 N–H and O–H groups in total. The Morgan fingerprint density at radius 1 is 0.407 bits per heavy atom. The Kier molecular flexibility index (Phi) is 7.67. The summed E-state index contributed by atoms with van der Waals surface area (Å²) in [5.74, 6) is 0.715. The number of allylic oxidation sites excluding steroid dienone is 1. The van der Waals surface area contributed by atoms with Crippen molar-refractivity contribution in [1.82, 2.24) is 0 Å². The van der Waals surface area contributed by atoms with E-state index >= 15 is 0 Å². The van der Waals surface area contributed by atoms with Crippen molar-refractivity contribution >= 4 is 60.7 Å². The van der Waals surface area contributed by atoms with E-state index < -0.39 is 0 Å². The van der Waals surface area contributed by atoms with Crippen LogP contribution in [-0.4, -0.2) is 11.5 Å². The highest BCUT2D eigenvalue weighted by atomic mass is 16.3. The molecule has 1 aromatic heterocycles. The summed E-state index contributed by atoms with van der Waals surface area (Å²) >= 11 is 0. The second kappa shape index (κ2) is 13.5. The summed E-state index contributed by atoms with van der Waals surface area (Å²) in [5.41, 5.74) is 16.9. The van der Waals surface area contributed by atoms with Gasteiger partial charge in [-0.05, 0) is 108 Å². The third-order valence-corrected chi connectivity index (χ3v) is 12.2. The summed E-state index contributed by atoms with van der Waals surface area (Å²) < 4.78 is 6.49. The van der Waals surface area contributed by atoms with Crippen molar-refractivity contribution in [3.63, 3.8) is 0 Å². The Bertz CT molecular complexity index is 3440. The molecule has 10 aromatic rings. The number of rotatable bonds is 5. The molecule has 1 aliphatic carbocycles. The molecule has 0 atom stereocenters. The van der Waals surface area contributed by atoms with E-state index in [-0.39, 0.29) is 0 Å². The maximum atomic E-state index is 6.49. The zero-order valence-corrected chi connectivity index (χ0v) is 32.2. The second-order valence-electron chi connectivity index (χ2n) is 15.6. The predicted octanol–water partition coefficient (Wildman–Crippen LogP) is 14.5. The van der Waals surface area contributed by atoms with Crippen LogP contribution in [0.4, 0.5) is 0 Å². The van der Waals surface area contributed by atoms with E-state index in [2.05, 4.69) is 194 Å². The van der Waals surface area contributed by atoms with E-state index in [4.69, 9.17) is 14.4 Å². The maximum Gasteiger partial charge on any atom is 0.160 e. The lowest BCUT2D eigenvalue weighted by Gasteiger charge is -2.14. The SMILES string of the molecule is C1=C(c2cccc3c2Cc2ccccc2-3)N=C(c2ccc(-c3cccc4oc5ccc(-c6ccccc6)cc5c34)c3ccccc23)N=C(c2ccc3ccccc3c2)C1. The first-order chi connectivity index (χ1) is 29.2. The van der Waals surface area contributed by atoms with Crippen LogP contribution < -0.4 is 0 Å². The molecule has 0 bridgehead atoms. The lowest BCUT2D eigenvalue weighted by molar-refractivity contribution is 0.669. The van der Waals surface area contributed by atoms with Crippen molar-refractivity contribution in [2.45, 2.75) is 12.8 Å². The number of furan rings is 1. The third kappa shape index (κ3) is 5.58. The van der Waals surface area contributed by atoms with Crippen LogP contribution in [0.2, 0.25) is 0 Å². The molecule has 9 aromatic carbocycles. The highest BCUT2D eigenvalue weighted by Gasteiger charge is 2.24. The number of amidine groups is 1. The van der Waals surface area contributed by atoms with Crippen LogP contribution in [0.25, 0.3) is 82.6 Å². The summed E-state index contributed by atoms with van der Waals surface area (Å²) in [6, 6.07) is 67.3. The zero-order valence-electron chi connectivity index (χ0n) is 32.2. The topological polar surface area (TPSA) is 37.9 Å². The normalized spacial score (nSPS) is 13.6. The molecule has 59 heavy (non-hydrogen) atoms. The van der Waals surface area contributed by atoms with Gasteiger partial charge in [0.15, 0.2) is 5.84 Å². The van der Waals surface area contributed by atoms with E-state index in [9.17, 15) is 0 Å². The van der Waals surface area contributed by atoms with Crippen molar-refractivity contribution in [2.24, 2.45) is 9.98 Å². The fourth-order valence-electron chi connectivity index (χ4n) is 9.38. The molecule has 276 valence electrons. The predicted molar refractivity (Wildman–Crippen MR) is 246 cm³/mol. The van der Waals surface area contributed by atoms with E-state index in [0.717, 1.165) is 72.8 Å². The summed E-state index contributed by atoms with van der Waals surface area (Å²) in [6.45, 7) is 0. The van der Waals surface area contributed by atoms with Gasteiger partial charge in [-0.25, -0.2) is 9.98 Å². The largest absolute Gasteiger partial charge is 0.456 e. The van der Waals surface area contributed by atoms with Crippen LogP contribution in [0.3, 0.4) is 0 Å². The summed E-state index contributed by atoms with van der Waals surface area (Å²) in [6.07, 6.45) is 3.83. The van der Waals surface area contributed by atoms with E-state index in [1.54, 1.807) is 0 Å². The average Bonchev–Trinajstić information content (AvgIpc) is 3.79. The Morgan fingerprint density at radius 3 is 2.03 bits per heavy atom. The van der Waals surface area contributed by atoms with Crippen molar-refractivity contribution in [3.8, 4) is 33.4 Å². The second-order valence-corrected chi connectivity index (χ2v) is 15.6. The van der Waals surface area contributed by atoms with E-state index in [0.29, 0.717) is 12.3 Å². The van der Waals surface area contributed by atoms with Gasteiger partial charge in [-0.3, -0.25) is 0 Å². The molecule has 3 heteroatoms. The molecule has 0 saturated carbocycles. The van der Waals surface area contributed by atoms with Gasteiger partial charge >= 0.3 is 0 Å². The van der Waals surface area contributed by atoms with E-state index in [1.807, 2.05) is 0 Å². The first kappa shape index (κ1) is 33.5. The lowest BCUT2D eigenvalue weighted by Crippen LogP contribution is -2.06. The Labute approximate surface area is 342 Å². The van der Waals surface area contributed by atoms with Crippen molar-refractivity contribution in [2.75, 3.05) is 0 Å². The molecule has 0 spiro atoms. The monoisotopic (exact) mass is 752 g/mol. The third-order valence-electron chi connectivity index (χ3n) is 12.2. The molecule has 0 saturated heterocycles. The number of benzene rings is 9. The number of hydrogen-bond acceptors (Lipinski definition) is 3. The van der Waals surface area contributed by atoms with Crippen LogP contribution in [0, 0.1) is 0 Å². The highest BCUT2D eigenvalue weighted by Crippen LogP contribution is 2.43. The number of fused-ring (bicyclic) bond motifs is 8. The molecule has 2 heterocycles. The number of nitrogens with zero attached hydrogens (tertiary/aromatic N) is 2. The minimum Gasteiger partial charge on any atom is -0.456 e. The smallest absolute Gasteiger partial charge is 0.160 e. The first-order valence-corrected chi connectivity index (χ1v) is 20.3. The standard InChI is InChI=1S/C56H36N2O/c1-2-12-35(13-3-1)38-26-31-53-50(33-38)55-47(22-11-23-54(55)59-53)45-27-28-48(44-19-9-8-18-43(44)45)56-57-51(40-25-24-36-14-4-5-15-37(36)32-40)29-30-52(58-56)46-21-10-20-42-41-17-7-6-16-39(41)34-49(42)46/h1-28,30-33H,29,34H2. The quantitative estimate of drug-likeness (QED) is 0.172. The van der Waals surface area contributed by atoms with Gasteiger partial charge in [0.25, 0.3) is 0 Å². The number of hydrogen-bond donors (Lipinski definition) is 0. The fourth-order valence-corrected chi connectivity index (χ4v) is 9.38. The molecule has 3 nitrogen and oxygen atoms in total. The molecule has 0 fully saturated rings. The summed E-state index contributed by atoms with van der Waals surface area (Å²) in [4.78, 5) is 11.0. The van der Waals surface area contributed by atoms with Gasteiger partial charge in [-0.1, -0.05) is 164 Å². The summed E-state index contributed by atoms with van der Waals surface area (Å²) in [5, 5.41) is 6.88. The van der Waals surface area contributed by atoms with Crippen molar-refractivity contribution < 1.29 is 4.42 Å². The van der Waals surface area contributed by atoms with Crippen LogP contribution in [0.15, 0.2) is 209 Å². The van der Waals surface area contributed by atoms with Gasteiger partial charge in [0.05, 0.1) is 11.4 Å². The number of aliphatic imine (C=N–C) groups is 2. The average molecular weight is 753 g/mol. The van der Waals surface area contributed by atoms with E-state index in [1.165, 1.54) is 49.7 Å². The van der Waals surface area contributed by atoms with Gasteiger partial charge in [0.1, 0.15) is 11.2 Å². The van der Waals surface area contributed by atoms with Gasteiger partial charge in [-0.15, -0.1) is 0 Å². The lowest BCUT2D eigenvalue weighted by atomic mass is 9.91. The van der Waals surface area contributed by atoms with Crippen LogP contribution in [0.5, 0.6) is 0 Å². The van der Waals surface area contributed by atoms with Gasteiger partial charge < -0.3 is 4.42 Å². The Morgan fingerprint density at radius 2 is 1.12 bits per heavy atom. The van der Waals surface area contributed by atoms with Gasteiger partial charge in [0, 0.05) is 28.3 Å². The molecule has 0 unspecified atom stereocenters. The molecule has 0 radical (unpaired) electrons. The molecule has 12 rings (SSSR count). The van der Waals surface area contributed by atoms with Gasteiger partial charge in [0.2, 0.25) is 0 Å². The van der Waals surface area contributed by atoms with Gasteiger partial charge in [-0.2, -0.15) is 0 Å². The maximum absolute atomic E-state index is 6.49. The molecular formula is C56H36N2O.